The van der Waals surface area contributed by atoms with E-state index in [2.05, 4.69) is 10.1 Å². The van der Waals surface area contributed by atoms with E-state index in [9.17, 15) is 13.2 Å². The summed E-state index contributed by atoms with van der Waals surface area (Å²) in [6, 6.07) is 4.87. The molecule has 90 valence electrons. The Labute approximate surface area is 94.9 Å². The Kier molecular flexibility index (Phi) is 2.53. The number of rotatable bonds is 1. The van der Waals surface area contributed by atoms with Gasteiger partial charge in [0, 0.05) is 12.6 Å². The monoisotopic (exact) mass is 242 g/mol. The molecule has 0 bridgehead atoms. The van der Waals surface area contributed by atoms with Gasteiger partial charge in [-0.1, -0.05) is 12.1 Å². The van der Waals surface area contributed by atoms with Crippen LogP contribution in [0.3, 0.4) is 0 Å². The Bertz CT molecular complexity index is 545. The summed E-state index contributed by atoms with van der Waals surface area (Å²) in [4.78, 5) is 3.87. The molecular weight excluding hydrogens is 233 g/mol. The SMILES string of the molecule is Cn1nc(N)nc1-c1cccc(C(F)(F)F)c1. The van der Waals surface area contributed by atoms with Crippen molar-refractivity contribution < 1.29 is 13.2 Å². The zero-order valence-electron chi connectivity index (χ0n) is 8.86. The lowest BCUT2D eigenvalue weighted by Crippen LogP contribution is -2.05. The van der Waals surface area contributed by atoms with Gasteiger partial charge in [0.2, 0.25) is 5.95 Å². The number of benzene rings is 1. The van der Waals surface area contributed by atoms with E-state index in [1.165, 1.54) is 16.8 Å². The number of alkyl halides is 3. The van der Waals surface area contributed by atoms with Gasteiger partial charge in [0.15, 0.2) is 5.82 Å². The minimum absolute atomic E-state index is 0.0277. The van der Waals surface area contributed by atoms with Gasteiger partial charge in [-0.25, -0.2) is 4.68 Å². The number of aromatic nitrogens is 3. The normalized spacial score (nSPS) is 11.8. The molecule has 0 radical (unpaired) electrons. The van der Waals surface area contributed by atoms with E-state index in [1.807, 2.05) is 0 Å². The van der Waals surface area contributed by atoms with Crippen LogP contribution in [0.4, 0.5) is 19.1 Å². The molecule has 0 fully saturated rings. The van der Waals surface area contributed by atoms with Crippen molar-refractivity contribution in [1.82, 2.24) is 14.8 Å². The van der Waals surface area contributed by atoms with Crippen LogP contribution in [-0.2, 0) is 13.2 Å². The predicted octanol–water partition coefficient (Wildman–Crippen LogP) is 2.08. The van der Waals surface area contributed by atoms with Crippen LogP contribution in [0, 0.1) is 0 Å². The number of nitrogens with zero attached hydrogens (tertiary/aromatic N) is 3. The van der Waals surface area contributed by atoms with E-state index in [1.54, 1.807) is 7.05 Å². The summed E-state index contributed by atoms with van der Waals surface area (Å²) >= 11 is 0. The quantitative estimate of drug-likeness (QED) is 0.832. The minimum Gasteiger partial charge on any atom is -0.366 e. The first-order valence-electron chi connectivity index (χ1n) is 4.72. The average Bonchev–Trinajstić information content (AvgIpc) is 2.57. The van der Waals surface area contributed by atoms with E-state index in [0.29, 0.717) is 11.4 Å². The van der Waals surface area contributed by atoms with Crippen molar-refractivity contribution in [2.75, 3.05) is 5.73 Å². The van der Waals surface area contributed by atoms with Gasteiger partial charge in [-0.3, -0.25) is 0 Å². The number of hydrogen-bond acceptors (Lipinski definition) is 3. The van der Waals surface area contributed by atoms with Crippen molar-refractivity contribution in [3.8, 4) is 11.4 Å². The van der Waals surface area contributed by atoms with Crippen LogP contribution < -0.4 is 5.73 Å². The van der Waals surface area contributed by atoms with Crippen molar-refractivity contribution in [2.24, 2.45) is 7.05 Å². The summed E-state index contributed by atoms with van der Waals surface area (Å²) in [6.07, 6.45) is -4.37. The molecule has 2 rings (SSSR count). The summed E-state index contributed by atoms with van der Waals surface area (Å²) in [6.45, 7) is 0. The van der Waals surface area contributed by atoms with Gasteiger partial charge in [-0.15, -0.1) is 5.10 Å². The van der Waals surface area contributed by atoms with E-state index in [-0.39, 0.29) is 5.95 Å². The number of nitrogens with two attached hydrogens (primary N) is 1. The van der Waals surface area contributed by atoms with Crippen molar-refractivity contribution in [1.29, 1.82) is 0 Å². The second-order valence-electron chi connectivity index (χ2n) is 3.50. The molecule has 0 unspecified atom stereocenters. The molecule has 0 aliphatic rings. The van der Waals surface area contributed by atoms with Crippen molar-refractivity contribution in [2.45, 2.75) is 6.18 Å². The Balaban J connectivity index is 2.50. The van der Waals surface area contributed by atoms with Crippen LogP contribution in [0.15, 0.2) is 24.3 Å². The van der Waals surface area contributed by atoms with Gasteiger partial charge in [0.25, 0.3) is 0 Å². The molecule has 0 saturated heterocycles. The minimum atomic E-state index is -4.37. The fraction of sp³-hybridized carbons (Fsp3) is 0.200. The molecule has 7 heteroatoms. The Hall–Kier alpha value is -2.05. The maximum Gasteiger partial charge on any atom is 0.416 e. The predicted molar refractivity (Wildman–Crippen MR) is 55.9 cm³/mol. The van der Waals surface area contributed by atoms with Gasteiger partial charge >= 0.3 is 6.18 Å². The van der Waals surface area contributed by atoms with E-state index >= 15 is 0 Å². The lowest BCUT2D eigenvalue weighted by atomic mass is 10.1. The largest absolute Gasteiger partial charge is 0.416 e. The van der Waals surface area contributed by atoms with Gasteiger partial charge in [-0.05, 0) is 12.1 Å². The standard InChI is InChI=1S/C10H9F3N4/c1-17-8(15-9(14)16-17)6-3-2-4-7(5-6)10(11,12)13/h2-5H,1H3,(H2,14,16). The molecule has 2 N–H and O–H groups in total. The number of anilines is 1. The van der Waals surface area contributed by atoms with Crippen LogP contribution in [0.1, 0.15) is 5.56 Å². The van der Waals surface area contributed by atoms with E-state index in [4.69, 9.17) is 5.73 Å². The number of aryl methyl sites for hydroxylation is 1. The molecule has 0 atom stereocenters. The molecule has 0 aliphatic carbocycles. The summed E-state index contributed by atoms with van der Waals surface area (Å²) < 4.78 is 38.9. The number of halogens is 3. The van der Waals surface area contributed by atoms with Crippen molar-refractivity contribution >= 4 is 5.95 Å². The molecule has 0 saturated carbocycles. The highest BCUT2D eigenvalue weighted by atomic mass is 19.4. The van der Waals surface area contributed by atoms with Gasteiger partial charge in [0.05, 0.1) is 5.56 Å². The van der Waals surface area contributed by atoms with Crippen LogP contribution in [-0.4, -0.2) is 14.8 Å². The van der Waals surface area contributed by atoms with Gasteiger partial charge in [0.1, 0.15) is 0 Å². The van der Waals surface area contributed by atoms with E-state index < -0.39 is 11.7 Å². The van der Waals surface area contributed by atoms with E-state index in [0.717, 1.165) is 12.1 Å². The first-order chi connectivity index (χ1) is 7.88. The Morgan fingerprint density at radius 3 is 2.53 bits per heavy atom. The first-order valence-corrected chi connectivity index (χ1v) is 4.72. The summed E-state index contributed by atoms with van der Waals surface area (Å²) in [5.41, 5.74) is 4.98. The lowest BCUT2D eigenvalue weighted by molar-refractivity contribution is -0.137. The second kappa shape index (κ2) is 3.76. The molecule has 1 aromatic heterocycles. The zero-order valence-corrected chi connectivity index (χ0v) is 8.86. The fourth-order valence-electron chi connectivity index (χ4n) is 1.49. The summed E-state index contributed by atoms with van der Waals surface area (Å²) in [5, 5.41) is 3.78. The molecule has 0 spiro atoms. The van der Waals surface area contributed by atoms with Gasteiger partial charge in [-0.2, -0.15) is 18.2 Å². The topological polar surface area (TPSA) is 56.7 Å². The third-order valence-electron chi connectivity index (χ3n) is 2.23. The fourth-order valence-corrected chi connectivity index (χ4v) is 1.49. The number of nitrogen functional groups attached to an aromatic ring is 1. The zero-order chi connectivity index (χ0) is 12.6. The molecule has 1 heterocycles. The Morgan fingerprint density at radius 1 is 1.29 bits per heavy atom. The molecule has 0 amide bonds. The molecule has 0 aliphatic heterocycles. The maximum atomic E-state index is 12.5. The highest BCUT2D eigenvalue weighted by Gasteiger charge is 2.30. The van der Waals surface area contributed by atoms with Crippen molar-refractivity contribution in [3.63, 3.8) is 0 Å². The van der Waals surface area contributed by atoms with Crippen molar-refractivity contribution in [3.05, 3.63) is 29.8 Å². The molecule has 1 aromatic carbocycles. The van der Waals surface area contributed by atoms with Crippen LogP contribution in [0.25, 0.3) is 11.4 Å². The maximum absolute atomic E-state index is 12.5. The first kappa shape index (κ1) is 11.4. The summed E-state index contributed by atoms with van der Waals surface area (Å²) in [7, 11) is 1.57. The highest BCUT2D eigenvalue weighted by Crippen LogP contribution is 2.31. The third kappa shape index (κ3) is 2.22. The van der Waals surface area contributed by atoms with Crippen LogP contribution >= 0.6 is 0 Å². The highest BCUT2D eigenvalue weighted by molar-refractivity contribution is 5.57. The molecular formula is C10H9F3N4. The third-order valence-corrected chi connectivity index (χ3v) is 2.23. The van der Waals surface area contributed by atoms with Crippen LogP contribution in [0.5, 0.6) is 0 Å². The van der Waals surface area contributed by atoms with Crippen LogP contribution in [0.2, 0.25) is 0 Å². The molecule has 17 heavy (non-hydrogen) atoms. The number of hydrogen-bond donors (Lipinski definition) is 1. The molecule has 2 aromatic rings. The Morgan fingerprint density at radius 2 is 2.00 bits per heavy atom. The summed E-state index contributed by atoms with van der Waals surface area (Å²) in [5.74, 6) is 0.327. The second-order valence-corrected chi connectivity index (χ2v) is 3.50. The van der Waals surface area contributed by atoms with Gasteiger partial charge < -0.3 is 5.73 Å². The average molecular weight is 242 g/mol. The smallest absolute Gasteiger partial charge is 0.366 e. The molecule has 4 nitrogen and oxygen atoms in total. The lowest BCUT2D eigenvalue weighted by Gasteiger charge is -2.07.